The van der Waals surface area contributed by atoms with Crippen molar-refractivity contribution in [3.8, 4) is 5.75 Å². The maximum atomic E-state index is 11.5. The maximum absolute atomic E-state index is 11.5. The predicted molar refractivity (Wildman–Crippen MR) is 70.5 cm³/mol. The van der Waals surface area contributed by atoms with Gasteiger partial charge < -0.3 is 9.47 Å². The summed E-state index contributed by atoms with van der Waals surface area (Å²) in [6.45, 7) is 4.27. The fourth-order valence-electron chi connectivity index (χ4n) is 1.73. The lowest BCUT2D eigenvalue weighted by Crippen LogP contribution is -2.37. The van der Waals surface area contributed by atoms with E-state index in [1.165, 1.54) is 7.11 Å². The summed E-state index contributed by atoms with van der Waals surface area (Å²) in [5.41, 5.74) is 1.06. The Hall–Kier alpha value is -1.81. The highest BCUT2D eigenvalue weighted by Gasteiger charge is 2.20. The van der Waals surface area contributed by atoms with E-state index in [0.717, 1.165) is 11.3 Å². The number of carbonyl (C=O) groups is 1. The van der Waals surface area contributed by atoms with Gasteiger partial charge in [-0.3, -0.25) is 9.69 Å². The minimum atomic E-state index is -0.443. The van der Waals surface area contributed by atoms with Crippen molar-refractivity contribution in [2.45, 2.75) is 12.6 Å². The third-order valence-corrected chi connectivity index (χ3v) is 2.71. The fraction of sp³-hybridized carbons (Fsp3) is 0.357. The van der Waals surface area contributed by atoms with Crippen LogP contribution >= 0.6 is 0 Å². The number of esters is 1. The van der Waals surface area contributed by atoms with E-state index >= 15 is 0 Å². The average molecular weight is 249 g/mol. The molecule has 0 N–H and O–H groups in total. The molecule has 4 nitrogen and oxygen atoms in total. The van der Waals surface area contributed by atoms with Crippen LogP contribution in [0.4, 0.5) is 0 Å². The van der Waals surface area contributed by atoms with Crippen LogP contribution in [0.1, 0.15) is 5.56 Å². The monoisotopic (exact) mass is 249 g/mol. The largest absolute Gasteiger partial charge is 0.497 e. The molecular formula is C14H19NO3. The van der Waals surface area contributed by atoms with Crippen molar-refractivity contribution in [2.24, 2.45) is 0 Å². The summed E-state index contributed by atoms with van der Waals surface area (Å²) in [5.74, 6) is 0.490. The molecule has 0 aromatic heterocycles. The van der Waals surface area contributed by atoms with Crippen molar-refractivity contribution < 1.29 is 14.3 Å². The highest BCUT2D eigenvalue weighted by molar-refractivity contribution is 5.77. The molecule has 0 heterocycles. The van der Waals surface area contributed by atoms with Crippen molar-refractivity contribution in [1.29, 1.82) is 0 Å². The van der Waals surface area contributed by atoms with Crippen molar-refractivity contribution in [1.82, 2.24) is 4.90 Å². The van der Waals surface area contributed by atoms with E-state index in [1.54, 1.807) is 13.2 Å². The molecule has 1 aromatic rings. The molecule has 1 atom stereocenters. The van der Waals surface area contributed by atoms with Gasteiger partial charge in [-0.25, -0.2) is 0 Å². The summed E-state index contributed by atoms with van der Waals surface area (Å²) >= 11 is 0. The number of hydrogen-bond acceptors (Lipinski definition) is 4. The number of ether oxygens (including phenoxy) is 2. The smallest absolute Gasteiger partial charge is 0.327 e. The first kappa shape index (κ1) is 14.3. The summed E-state index contributed by atoms with van der Waals surface area (Å²) in [7, 11) is 4.85. The number of benzene rings is 1. The van der Waals surface area contributed by atoms with E-state index in [4.69, 9.17) is 9.47 Å². The molecule has 0 spiro atoms. The van der Waals surface area contributed by atoms with E-state index < -0.39 is 6.04 Å². The predicted octanol–water partition coefficient (Wildman–Crippen LogP) is 1.85. The highest BCUT2D eigenvalue weighted by atomic mass is 16.5. The second kappa shape index (κ2) is 6.81. The minimum absolute atomic E-state index is 0.310. The Bertz CT molecular complexity index is 417. The molecule has 0 radical (unpaired) electrons. The van der Waals surface area contributed by atoms with Gasteiger partial charge in [0.2, 0.25) is 0 Å². The van der Waals surface area contributed by atoms with Crippen molar-refractivity contribution in [2.75, 3.05) is 21.3 Å². The molecule has 0 aliphatic heterocycles. The Labute approximate surface area is 108 Å². The average Bonchev–Trinajstić information content (AvgIpc) is 2.39. The molecule has 1 unspecified atom stereocenters. The summed E-state index contributed by atoms with van der Waals surface area (Å²) in [4.78, 5) is 13.4. The van der Waals surface area contributed by atoms with Crippen LogP contribution in [0.15, 0.2) is 36.9 Å². The summed E-state index contributed by atoms with van der Waals surface area (Å²) in [5, 5.41) is 0. The van der Waals surface area contributed by atoms with E-state index in [9.17, 15) is 4.79 Å². The van der Waals surface area contributed by atoms with Gasteiger partial charge in [-0.15, -0.1) is 6.58 Å². The van der Waals surface area contributed by atoms with Crippen LogP contribution in [0.25, 0.3) is 0 Å². The molecule has 0 bridgehead atoms. The van der Waals surface area contributed by atoms with Crippen LogP contribution in [0.5, 0.6) is 5.75 Å². The van der Waals surface area contributed by atoms with Crippen molar-refractivity contribution in [3.05, 3.63) is 42.5 Å². The lowest BCUT2D eigenvalue weighted by molar-refractivity contribution is -0.144. The first-order valence-electron chi connectivity index (χ1n) is 5.66. The van der Waals surface area contributed by atoms with Gasteiger partial charge in [-0.2, -0.15) is 0 Å². The molecule has 98 valence electrons. The third-order valence-electron chi connectivity index (χ3n) is 2.71. The quantitative estimate of drug-likeness (QED) is 0.570. The van der Waals surface area contributed by atoms with Gasteiger partial charge in [-0.05, 0) is 24.7 Å². The fourth-order valence-corrected chi connectivity index (χ4v) is 1.73. The molecule has 0 amide bonds. The van der Waals surface area contributed by atoms with Gasteiger partial charge in [0.05, 0.1) is 14.2 Å². The van der Waals surface area contributed by atoms with E-state index in [2.05, 4.69) is 6.58 Å². The molecule has 0 aliphatic rings. The van der Waals surface area contributed by atoms with Crippen LogP contribution in [-0.4, -0.2) is 38.2 Å². The molecule has 0 saturated carbocycles. The molecule has 0 saturated heterocycles. The van der Waals surface area contributed by atoms with Gasteiger partial charge in [0.1, 0.15) is 11.8 Å². The van der Waals surface area contributed by atoms with Crippen LogP contribution in [0.2, 0.25) is 0 Å². The molecule has 0 aliphatic carbocycles. The van der Waals surface area contributed by atoms with E-state index in [-0.39, 0.29) is 5.97 Å². The molecule has 4 heteroatoms. The van der Waals surface area contributed by atoms with E-state index in [0.29, 0.717) is 6.54 Å². The number of carbonyl (C=O) groups excluding carboxylic acids is 1. The van der Waals surface area contributed by atoms with Gasteiger partial charge in [0.25, 0.3) is 0 Å². The minimum Gasteiger partial charge on any atom is -0.497 e. The van der Waals surface area contributed by atoms with Crippen LogP contribution < -0.4 is 4.74 Å². The zero-order valence-corrected chi connectivity index (χ0v) is 11.1. The van der Waals surface area contributed by atoms with Crippen LogP contribution in [0, 0.1) is 0 Å². The molecule has 1 rings (SSSR count). The zero-order chi connectivity index (χ0) is 13.5. The molecular weight excluding hydrogens is 230 g/mol. The second-order valence-corrected chi connectivity index (χ2v) is 3.97. The second-order valence-electron chi connectivity index (χ2n) is 3.97. The first-order chi connectivity index (χ1) is 8.62. The van der Waals surface area contributed by atoms with Crippen molar-refractivity contribution >= 4 is 5.97 Å². The lowest BCUT2D eigenvalue weighted by Gasteiger charge is -2.23. The van der Waals surface area contributed by atoms with Gasteiger partial charge in [0, 0.05) is 6.54 Å². The van der Waals surface area contributed by atoms with Gasteiger partial charge in [0.15, 0.2) is 0 Å². The Kier molecular flexibility index (Phi) is 5.39. The first-order valence-corrected chi connectivity index (χ1v) is 5.66. The Morgan fingerprint density at radius 3 is 2.78 bits per heavy atom. The van der Waals surface area contributed by atoms with Gasteiger partial charge >= 0.3 is 5.97 Å². The van der Waals surface area contributed by atoms with Crippen molar-refractivity contribution in [3.63, 3.8) is 0 Å². The Morgan fingerprint density at radius 1 is 1.50 bits per heavy atom. The standard InChI is InChI=1S/C14H19NO3/c1-5-13(14(16)18-4)15(2)10-11-7-6-8-12(9-11)17-3/h5-9,13H,1,10H2,2-4H3. The number of likely N-dealkylation sites (N-methyl/N-ethyl adjacent to an activating group) is 1. The number of nitrogens with zero attached hydrogens (tertiary/aromatic N) is 1. The van der Waals surface area contributed by atoms with Gasteiger partial charge in [-0.1, -0.05) is 18.2 Å². The molecule has 18 heavy (non-hydrogen) atoms. The highest BCUT2D eigenvalue weighted by Crippen LogP contribution is 2.15. The topological polar surface area (TPSA) is 38.8 Å². The van der Waals surface area contributed by atoms with Crippen LogP contribution in [0.3, 0.4) is 0 Å². The normalized spacial score (nSPS) is 12.0. The van der Waals surface area contributed by atoms with Crippen LogP contribution in [-0.2, 0) is 16.1 Å². The Balaban J connectivity index is 2.75. The third kappa shape index (κ3) is 3.60. The summed E-state index contributed by atoms with van der Waals surface area (Å²) in [6, 6.07) is 7.28. The number of rotatable bonds is 6. The number of hydrogen-bond donors (Lipinski definition) is 0. The van der Waals surface area contributed by atoms with E-state index in [1.807, 2.05) is 36.2 Å². The zero-order valence-electron chi connectivity index (χ0n) is 11.1. The SMILES string of the molecule is C=CC(C(=O)OC)N(C)Cc1cccc(OC)c1. The summed E-state index contributed by atoms with van der Waals surface area (Å²) < 4.78 is 9.89. The summed E-state index contributed by atoms with van der Waals surface area (Å²) in [6.07, 6.45) is 1.58. The maximum Gasteiger partial charge on any atom is 0.327 e. The molecule has 1 aromatic carbocycles. The Morgan fingerprint density at radius 2 is 2.22 bits per heavy atom. The lowest BCUT2D eigenvalue weighted by atomic mass is 10.1. The molecule has 0 fully saturated rings. The number of methoxy groups -OCH3 is 2.